The van der Waals surface area contributed by atoms with Crippen molar-refractivity contribution in [3.63, 3.8) is 0 Å². The zero-order chi connectivity index (χ0) is 24.7. The highest BCUT2D eigenvalue weighted by molar-refractivity contribution is 5.94. The van der Waals surface area contributed by atoms with Gasteiger partial charge in [-0.05, 0) is 57.0 Å². The number of ether oxygens (including phenoxy) is 1. The van der Waals surface area contributed by atoms with E-state index in [0.717, 1.165) is 29.7 Å². The van der Waals surface area contributed by atoms with Gasteiger partial charge in [-0.2, -0.15) is 0 Å². The number of nitrogens with zero attached hydrogens (tertiary/aromatic N) is 3. The number of carbonyl (C=O) groups excluding carboxylic acids is 2. The Balaban J connectivity index is 1.78. The largest absolute Gasteiger partial charge is 0.497 e. The number of fused-ring (bicyclic) bond motifs is 1. The minimum absolute atomic E-state index is 0.0912. The lowest BCUT2D eigenvalue weighted by Crippen LogP contribution is -2.46. The van der Waals surface area contributed by atoms with E-state index in [-0.39, 0.29) is 30.4 Å². The summed E-state index contributed by atoms with van der Waals surface area (Å²) >= 11 is 0. The summed E-state index contributed by atoms with van der Waals surface area (Å²) in [5, 5.41) is 2.96. The third-order valence-corrected chi connectivity index (χ3v) is 6.41. The maximum absolute atomic E-state index is 13.4. The van der Waals surface area contributed by atoms with Crippen molar-refractivity contribution >= 4 is 22.8 Å². The summed E-state index contributed by atoms with van der Waals surface area (Å²) in [7, 11) is 1.58. The minimum Gasteiger partial charge on any atom is -0.497 e. The SMILES string of the molecule is CCC(C)N(C(=O)Cn1c(CCNC(=O)c2cccc(OC)c2)nc2ccccc21)C(C)CC. The quantitative estimate of drug-likeness (QED) is 0.455. The van der Waals surface area contributed by atoms with Crippen LogP contribution in [0.2, 0.25) is 0 Å². The first kappa shape index (κ1) is 25.3. The number of benzene rings is 2. The fourth-order valence-corrected chi connectivity index (χ4v) is 4.18. The second-order valence-electron chi connectivity index (χ2n) is 8.66. The Morgan fingerprint density at radius 3 is 2.44 bits per heavy atom. The van der Waals surface area contributed by atoms with Crippen molar-refractivity contribution in [1.29, 1.82) is 0 Å². The Labute approximate surface area is 202 Å². The number of carbonyl (C=O) groups is 2. The average molecular weight is 465 g/mol. The molecule has 3 aromatic rings. The number of methoxy groups -OCH3 is 1. The van der Waals surface area contributed by atoms with E-state index in [4.69, 9.17) is 9.72 Å². The smallest absolute Gasteiger partial charge is 0.251 e. The van der Waals surface area contributed by atoms with Crippen LogP contribution in [-0.2, 0) is 17.8 Å². The van der Waals surface area contributed by atoms with Gasteiger partial charge in [0.2, 0.25) is 5.91 Å². The summed E-state index contributed by atoms with van der Waals surface area (Å²) in [4.78, 5) is 32.8. The van der Waals surface area contributed by atoms with Crippen LogP contribution in [-0.4, -0.2) is 52.0 Å². The van der Waals surface area contributed by atoms with E-state index in [9.17, 15) is 9.59 Å². The Bertz CT molecular complexity index is 1110. The van der Waals surface area contributed by atoms with Crippen molar-refractivity contribution < 1.29 is 14.3 Å². The van der Waals surface area contributed by atoms with Gasteiger partial charge in [-0.15, -0.1) is 0 Å². The summed E-state index contributed by atoms with van der Waals surface area (Å²) in [6.45, 7) is 9.06. The van der Waals surface area contributed by atoms with E-state index in [0.29, 0.717) is 24.3 Å². The first-order valence-electron chi connectivity index (χ1n) is 12.1. The highest BCUT2D eigenvalue weighted by atomic mass is 16.5. The van der Waals surface area contributed by atoms with Gasteiger partial charge in [0.15, 0.2) is 0 Å². The molecule has 0 saturated heterocycles. The third kappa shape index (κ3) is 5.76. The molecule has 1 heterocycles. The molecule has 2 atom stereocenters. The van der Waals surface area contributed by atoms with Crippen LogP contribution in [0.25, 0.3) is 11.0 Å². The molecule has 0 bridgehead atoms. The fraction of sp³-hybridized carbons (Fsp3) is 0.444. The predicted octanol–water partition coefficient (Wildman–Crippen LogP) is 4.44. The Morgan fingerprint density at radius 1 is 1.06 bits per heavy atom. The van der Waals surface area contributed by atoms with Crippen LogP contribution in [0, 0.1) is 0 Å². The Hall–Kier alpha value is -3.35. The topological polar surface area (TPSA) is 76.5 Å². The molecule has 0 spiro atoms. The molecule has 34 heavy (non-hydrogen) atoms. The number of aromatic nitrogens is 2. The zero-order valence-electron chi connectivity index (χ0n) is 20.9. The Morgan fingerprint density at radius 2 is 1.76 bits per heavy atom. The van der Waals surface area contributed by atoms with Crippen LogP contribution in [0.5, 0.6) is 5.75 Å². The van der Waals surface area contributed by atoms with Gasteiger partial charge in [0.25, 0.3) is 5.91 Å². The molecule has 182 valence electrons. The molecule has 2 unspecified atom stereocenters. The number of hydrogen-bond acceptors (Lipinski definition) is 4. The fourth-order valence-electron chi connectivity index (χ4n) is 4.18. The van der Waals surface area contributed by atoms with E-state index in [1.165, 1.54) is 0 Å². The van der Waals surface area contributed by atoms with E-state index < -0.39 is 0 Å². The molecule has 2 aromatic carbocycles. The third-order valence-electron chi connectivity index (χ3n) is 6.41. The number of hydrogen-bond donors (Lipinski definition) is 1. The van der Waals surface area contributed by atoms with Gasteiger partial charge >= 0.3 is 0 Å². The van der Waals surface area contributed by atoms with E-state index >= 15 is 0 Å². The molecule has 7 heteroatoms. The minimum atomic E-state index is -0.169. The molecule has 0 aliphatic heterocycles. The van der Waals surface area contributed by atoms with Crippen molar-refractivity contribution in [2.75, 3.05) is 13.7 Å². The van der Waals surface area contributed by atoms with Crippen molar-refractivity contribution in [1.82, 2.24) is 19.8 Å². The number of amides is 2. The van der Waals surface area contributed by atoms with Crippen molar-refractivity contribution in [2.45, 2.75) is 65.6 Å². The number of para-hydroxylation sites is 2. The first-order chi connectivity index (χ1) is 16.4. The molecule has 0 aliphatic carbocycles. The van der Waals surface area contributed by atoms with Gasteiger partial charge in [0.1, 0.15) is 18.1 Å². The zero-order valence-corrected chi connectivity index (χ0v) is 20.9. The summed E-state index contributed by atoms with van der Waals surface area (Å²) < 4.78 is 7.20. The van der Waals surface area contributed by atoms with Crippen LogP contribution in [0.1, 0.15) is 56.7 Å². The second kappa shape index (κ2) is 11.7. The van der Waals surface area contributed by atoms with Gasteiger partial charge in [0.05, 0.1) is 18.1 Å². The normalized spacial score (nSPS) is 12.9. The first-order valence-corrected chi connectivity index (χ1v) is 12.1. The van der Waals surface area contributed by atoms with Crippen molar-refractivity contribution in [3.8, 4) is 5.75 Å². The highest BCUT2D eigenvalue weighted by Gasteiger charge is 2.25. The average Bonchev–Trinajstić information content (AvgIpc) is 3.20. The lowest BCUT2D eigenvalue weighted by atomic mass is 10.1. The number of rotatable bonds is 11. The summed E-state index contributed by atoms with van der Waals surface area (Å²) in [6, 6.07) is 15.2. The summed E-state index contributed by atoms with van der Waals surface area (Å²) in [6.07, 6.45) is 2.33. The molecule has 3 rings (SSSR count). The predicted molar refractivity (Wildman–Crippen MR) is 135 cm³/mol. The van der Waals surface area contributed by atoms with Gasteiger partial charge in [0, 0.05) is 30.6 Å². The van der Waals surface area contributed by atoms with Gasteiger partial charge in [-0.1, -0.05) is 32.0 Å². The Kier molecular flexibility index (Phi) is 8.68. The van der Waals surface area contributed by atoms with E-state index in [2.05, 4.69) is 33.0 Å². The summed E-state index contributed by atoms with van der Waals surface area (Å²) in [5.41, 5.74) is 2.32. The van der Waals surface area contributed by atoms with Crippen molar-refractivity contribution in [2.24, 2.45) is 0 Å². The van der Waals surface area contributed by atoms with Gasteiger partial charge < -0.3 is 19.5 Å². The monoisotopic (exact) mass is 464 g/mol. The summed E-state index contributed by atoms with van der Waals surface area (Å²) in [5.74, 6) is 1.35. The van der Waals surface area contributed by atoms with Crippen molar-refractivity contribution in [3.05, 3.63) is 59.9 Å². The van der Waals surface area contributed by atoms with E-state index in [1.54, 1.807) is 31.4 Å². The number of imidazole rings is 1. The number of nitrogens with one attached hydrogen (secondary N) is 1. The van der Waals surface area contributed by atoms with Crippen LogP contribution >= 0.6 is 0 Å². The highest BCUT2D eigenvalue weighted by Crippen LogP contribution is 2.19. The molecule has 7 nitrogen and oxygen atoms in total. The van der Waals surface area contributed by atoms with Gasteiger partial charge in [-0.3, -0.25) is 9.59 Å². The lowest BCUT2D eigenvalue weighted by molar-refractivity contribution is -0.136. The van der Waals surface area contributed by atoms with Gasteiger partial charge in [-0.25, -0.2) is 4.98 Å². The maximum Gasteiger partial charge on any atom is 0.251 e. The maximum atomic E-state index is 13.4. The van der Waals surface area contributed by atoms with Crippen LogP contribution in [0.4, 0.5) is 0 Å². The second-order valence-corrected chi connectivity index (χ2v) is 8.66. The molecule has 1 N–H and O–H groups in total. The molecule has 1 aromatic heterocycles. The van der Waals surface area contributed by atoms with Crippen LogP contribution in [0.15, 0.2) is 48.5 Å². The molecular formula is C27H36N4O3. The molecular weight excluding hydrogens is 428 g/mol. The molecule has 0 radical (unpaired) electrons. The van der Waals surface area contributed by atoms with E-state index in [1.807, 2.05) is 33.7 Å². The molecule has 0 saturated carbocycles. The molecule has 0 aliphatic rings. The molecule has 0 fully saturated rings. The standard InChI is InChI=1S/C27H36N4O3/c1-6-19(3)31(20(4)7-2)26(32)18-30-24-14-9-8-13-23(24)29-25(30)15-16-28-27(33)21-11-10-12-22(17-21)34-5/h8-14,17,19-20H,6-7,15-16,18H2,1-5H3,(H,28,33). The lowest BCUT2D eigenvalue weighted by Gasteiger charge is -2.34. The van der Waals surface area contributed by atoms with Crippen LogP contribution < -0.4 is 10.1 Å². The molecule has 2 amide bonds. The van der Waals surface area contributed by atoms with Crippen LogP contribution in [0.3, 0.4) is 0 Å².